The van der Waals surface area contributed by atoms with Crippen LogP contribution >= 0.6 is 11.6 Å². The first-order valence-electron chi connectivity index (χ1n) is 5.51. The van der Waals surface area contributed by atoms with E-state index in [1.54, 1.807) is 36.9 Å². The Morgan fingerprint density at radius 3 is 3.00 bits per heavy atom. The summed E-state index contributed by atoms with van der Waals surface area (Å²) in [6.45, 7) is 1.91. The molecule has 1 unspecified atom stereocenters. The fraction of sp³-hybridized carbons (Fsp3) is 0.333. The van der Waals surface area contributed by atoms with E-state index in [0.717, 1.165) is 5.52 Å². The first kappa shape index (κ1) is 12.9. The number of carbonyl (C=O) groups is 1. The third-order valence-corrected chi connectivity index (χ3v) is 2.93. The van der Waals surface area contributed by atoms with Crippen molar-refractivity contribution < 1.29 is 14.6 Å². The first-order chi connectivity index (χ1) is 8.54. The molecule has 1 aromatic heterocycles. The number of aliphatic hydroxyl groups excluding tert-OH is 1. The molecule has 0 aliphatic carbocycles. The number of halogens is 1. The average molecular weight is 269 g/mol. The van der Waals surface area contributed by atoms with Crippen molar-refractivity contribution >= 4 is 28.5 Å². The van der Waals surface area contributed by atoms with Gasteiger partial charge in [-0.2, -0.15) is 5.10 Å². The Bertz CT molecular complexity index is 594. The summed E-state index contributed by atoms with van der Waals surface area (Å²) in [4.78, 5) is 11.4. The number of aromatic nitrogens is 2. The summed E-state index contributed by atoms with van der Waals surface area (Å²) in [6.07, 6.45) is -1.30. The van der Waals surface area contributed by atoms with Gasteiger partial charge in [-0.15, -0.1) is 0 Å². The number of nitrogens with zero attached hydrogens (tertiary/aromatic N) is 2. The number of aliphatic hydroxyl groups is 1. The Kier molecular flexibility index (Phi) is 3.54. The molecular formula is C12H13ClN2O3. The molecule has 0 spiro atoms. The molecule has 0 aliphatic rings. The molecule has 0 radical (unpaired) electrons. The second-order valence-corrected chi connectivity index (χ2v) is 4.20. The molecule has 96 valence electrons. The highest BCUT2D eigenvalue weighted by atomic mass is 35.5. The van der Waals surface area contributed by atoms with Crippen molar-refractivity contribution in [2.45, 2.75) is 13.0 Å². The smallest absolute Gasteiger partial charge is 0.339 e. The van der Waals surface area contributed by atoms with Gasteiger partial charge in [-0.25, -0.2) is 4.79 Å². The Morgan fingerprint density at radius 1 is 1.61 bits per heavy atom. The van der Waals surface area contributed by atoms with Crippen LogP contribution in [-0.4, -0.2) is 27.5 Å². The van der Waals surface area contributed by atoms with Gasteiger partial charge in [0, 0.05) is 12.4 Å². The zero-order valence-electron chi connectivity index (χ0n) is 10.1. The van der Waals surface area contributed by atoms with Crippen molar-refractivity contribution in [2.75, 3.05) is 6.61 Å². The number of carbonyl (C=O) groups excluding carboxylic acids is 1. The maximum Gasteiger partial charge on any atom is 0.339 e. The molecule has 0 fully saturated rings. The minimum Gasteiger partial charge on any atom is -0.464 e. The summed E-state index contributed by atoms with van der Waals surface area (Å²) < 4.78 is 6.40. The molecule has 2 rings (SSSR count). The number of hydrogen-bond donors (Lipinski definition) is 1. The van der Waals surface area contributed by atoms with Crippen molar-refractivity contribution in [3.8, 4) is 0 Å². The molecule has 0 saturated heterocycles. The quantitative estimate of drug-likeness (QED) is 0.863. The second kappa shape index (κ2) is 4.96. The van der Waals surface area contributed by atoms with Crippen LogP contribution in [0.4, 0.5) is 0 Å². The van der Waals surface area contributed by atoms with Gasteiger partial charge < -0.3 is 9.84 Å². The van der Waals surface area contributed by atoms with Crippen molar-refractivity contribution in [1.82, 2.24) is 9.78 Å². The van der Waals surface area contributed by atoms with E-state index in [2.05, 4.69) is 5.10 Å². The minimum absolute atomic E-state index is 0.228. The number of aryl methyl sites for hydroxylation is 1. The summed E-state index contributed by atoms with van der Waals surface area (Å²) in [5.74, 6) is -0.670. The normalized spacial score (nSPS) is 12.7. The van der Waals surface area contributed by atoms with Crippen LogP contribution in [0.3, 0.4) is 0 Å². The Morgan fingerprint density at radius 2 is 2.33 bits per heavy atom. The minimum atomic E-state index is -1.30. The molecule has 1 aromatic carbocycles. The van der Waals surface area contributed by atoms with E-state index >= 15 is 0 Å². The van der Waals surface area contributed by atoms with E-state index in [0.29, 0.717) is 16.1 Å². The van der Waals surface area contributed by atoms with Crippen LogP contribution in [0, 0.1) is 0 Å². The van der Waals surface area contributed by atoms with Gasteiger partial charge in [-0.1, -0.05) is 17.7 Å². The van der Waals surface area contributed by atoms with Crippen LogP contribution in [0.1, 0.15) is 18.6 Å². The summed E-state index contributed by atoms with van der Waals surface area (Å²) in [7, 11) is 1.77. The van der Waals surface area contributed by atoms with Crippen LogP contribution in [0.5, 0.6) is 0 Å². The highest BCUT2D eigenvalue weighted by molar-refractivity contribution is 6.34. The number of rotatable bonds is 3. The topological polar surface area (TPSA) is 64.3 Å². The van der Waals surface area contributed by atoms with Crippen molar-refractivity contribution in [2.24, 2.45) is 7.05 Å². The first-order valence-corrected chi connectivity index (χ1v) is 5.89. The predicted molar refractivity (Wildman–Crippen MR) is 67.3 cm³/mol. The number of hydrogen-bond acceptors (Lipinski definition) is 4. The lowest BCUT2D eigenvalue weighted by atomic mass is 10.1. The second-order valence-electron chi connectivity index (χ2n) is 3.85. The monoisotopic (exact) mass is 268 g/mol. The molecule has 18 heavy (non-hydrogen) atoms. The van der Waals surface area contributed by atoms with E-state index < -0.39 is 12.1 Å². The summed E-state index contributed by atoms with van der Waals surface area (Å²) in [5, 5.41) is 14.9. The Hall–Kier alpha value is -1.59. The van der Waals surface area contributed by atoms with Crippen molar-refractivity contribution in [3.63, 3.8) is 0 Å². The summed E-state index contributed by atoms with van der Waals surface area (Å²) in [6, 6.07) is 5.06. The van der Waals surface area contributed by atoms with Crippen molar-refractivity contribution in [1.29, 1.82) is 0 Å². The average Bonchev–Trinajstić information content (AvgIpc) is 2.64. The third-order valence-electron chi connectivity index (χ3n) is 2.65. The largest absolute Gasteiger partial charge is 0.464 e. The molecule has 1 heterocycles. The van der Waals surface area contributed by atoms with Crippen LogP contribution < -0.4 is 0 Å². The van der Waals surface area contributed by atoms with E-state index in [1.807, 2.05) is 0 Å². The van der Waals surface area contributed by atoms with Gasteiger partial charge in [0.15, 0.2) is 11.3 Å². The van der Waals surface area contributed by atoms with E-state index in [4.69, 9.17) is 16.3 Å². The molecule has 0 saturated carbocycles. The van der Waals surface area contributed by atoms with Gasteiger partial charge in [0.25, 0.3) is 0 Å². The molecule has 0 bridgehead atoms. The highest BCUT2D eigenvalue weighted by Gasteiger charge is 2.20. The lowest BCUT2D eigenvalue weighted by Crippen LogP contribution is -2.15. The van der Waals surface area contributed by atoms with E-state index in [9.17, 15) is 9.90 Å². The lowest BCUT2D eigenvalue weighted by Gasteiger charge is -2.09. The zero-order valence-corrected chi connectivity index (χ0v) is 10.8. The standard InChI is InChI=1S/C12H13ClN2O3/c1-3-18-12(17)10(16)7-4-5-9-8(6-7)11(13)14-15(9)2/h4-6,10,16H,3H2,1-2H3. The molecular weight excluding hydrogens is 256 g/mol. The van der Waals surface area contributed by atoms with Gasteiger partial charge in [0.2, 0.25) is 0 Å². The van der Waals surface area contributed by atoms with Crippen LogP contribution in [-0.2, 0) is 16.6 Å². The zero-order chi connectivity index (χ0) is 13.3. The van der Waals surface area contributed by atoms with Gasteiger partial charge in [-0.3, -0.25) is 4.68 Å². The molecule has 0 amide bonds. The Labute approximate surface area is 109 Å². The maximum absolute atomic E-state index is 11.4. The Balaban J connectivity index is 2.41. The molecule has 5 nitrogen and oxygen atoms in total. The van der Waals surface area contributed by atoms with Gasteiger partial charge in [0.05, 0.1) is 12.1 Å². The molecule has 6 heteroatoms. The van der Waals surface area contributed by atoms with Crippen molar-refractivity contribution in [3.05, 3.63) is 28.9 Å². The molecule has 1 N–H and O–H groups in total. The van der Waals surface area contributed by atoms with Gasteiger partial charge in [0.1, 0.15) is 0 Å². The van der Waals surface area contributed by atoms with Crippen LogP contribution in [0.25, 0.3) is 10.9 Å². The third kappa shape index (κ3) is 2.19. The molecule has 2 aromatic rings. The summed E-state index contributed by atoms with van der Waals surface area (Å²) in [5.41, 5.74) is 1.27. The predicted octanol–water partition coefficient (Wildman–Crippen LogP) is 1.82. The van der Waals surface area contributed by atoms with E-state index in [1.165, 1.54) is 0 Å². The van der Waals surface area contributed by atoms with Gasteiger partial charge in [-0.05, 0) is 24.6 Å². The fourth-order valence-corrected chi connectivity index (χ4v) is 2.03. The number of ether oxygens (including phenoxy) is 1. The van der Waals surface area contributed by atoms with E-state index in [-0.39, 0.29) is 6.61 Å². The van der Waals surface area contributed by atoms with Crippen LogP contribution in [0.15, 0.2) is 18.2 Å². The molecule has 0 aliphatic heterocycles. The summed E-state index contributed by atoms with van der Waals surface area (Å²) >= 11 is 5.97. The number of benzene rings is 1. The van der Waals surface area contributed by atoms with Gasteiger partial charge >= 0.3 is 5.97 Å². The lowest BCUT2D eigenvalue weighted by molar-refractivity contribution is -0.153. The van der Waals surface area contributed by atoms with Crippen LogP contribution in [0.2, 0.25) is 5.15 Å². The maximum atomic E-state index is 11.4. The number of fused-ring (bicyclic) bond motifs is 1. The molecule has 1 atom stereocenters. The fourth-order valence-electron chi connectivity index (χ4n) is 1.77. The SMILES string of the molecule is CCOC(=O)C(O)c1ccc2c(c1)c(Cl)nn2C. The number of esters is 1. The highest BCUT2D eigenvalue weighted by Crippen LogP contribution is 2.26.